The highest BCUT2D eigenvalue weighted by Crippen LogP contribution is 2.37. The van der Waals surface area contributed by atoms with Crippen LogP contribution >= 0.6 is 0 Å². The molecule has 180 valence electrons. The number of halogens is 3. The maximum absolute atomic E-state index is 14.4. The third kappa shape index (κ3) is 4.92. The minimum atomic E-state index is -0.992. The van der Waals surface area contributed by atoms with Crippen molar-refractivity contribution in [3.63, 3.8) is 0 Å². The van der Waals surface area contributed by atoms with Crippen molar-refractivity contribution in [3.05, 3.63) is 89.7 Å². The quantitative estimate of drug-likeness (QED) is 0.520. The lowest BCUT2D eigenvalue weighted by Gasteiger charge is -2.30. The summed E-state index contributed by atoms with van der Waals surface area (Å²) < 4.78 is 42.8. The average molecular weight is 481 g/mol. The molecule has 1 fully saturated rings. The monoisotopic (exact) mass is 481 g/mol. The molecule has 7 nitrogen and oxygen atoms in total. The summed E-state index contributed by atoms with van der Waals surface area (Å²) in [6.07, 6.45) is 4.13. The van der Waals surface area contributed by atoms with Crippen molar-refractivity contribution in [3.8, 4) is 11.3 Å². The van der Waals surface area contributed by atoms with E-state index >= 15 is 0 Å². The molecule has 2 atom stereocenters. The predicted molar refractivity (Wildman–Crippen MR) is 125 cm³/mol. The molecule has 2 aromatic heterocycles. The molecule has 4 rings (SSSR count). The van der Waals surface area contributed by atoms with E-state index in [4.69, 9.17) is 10.6 Å². The van der Waals surface area contributed by atoms with Gasteiger partial charge in [-0.2, -0.15) is 0 Å². The zero-order chi connectivity index (χ0) is 25.1. The molecule has 0 saturated heterocycles. The second-order valence-corrected chi connectivity index (χ2v) is 8.05. The van der Waals surface area contributed by atoms with Crippen LogP contribution in [0.1, 0.15) is 34.8 Å². The van der Waals surface area contributed by atoms with E-state index in [-0.39, 0.29) is 11.6 Å². The van der Waals surface area contributed by atoms with Crippen LogP contribution in [-0.4, -0.2) is 34.7 Å². The van der Waals surface area contributed by atoms with E-state index in [1.54, 1.807) is 12.3 Å². The van der Waals surface area contributed by atoms with Crippen LogP contribution in [0.3, 0.4) is 0 Å². The van der Waals surface area contributed by atoms with Crippen LogP contribution in [0.25, 0.3) is 11.3 Å². The first-order chi connectivity index (χ1) is 16.8. The summed E-state index contributed by atoms with van der Waals surface area (Å²) in [5, 5.41) is 6.67. The summed E-state index contributed by atoms with van der Waals surface area (Å²) in [7, 11) is 1.44. The molecular formula is C25H22F3N5O2. The first kappa shape index (κ1) is 24.1. The van der Waals surface area contributed by atoms with E-state index in [0.29, 0.717) is 24.2 Å². The van der Waals surface area contributed by atoms with Crippen molar-refractivity contribution in [1.82, 2.24) is 9.97 Å². The molecule has 1 amide bonds. The molecule has 3 N–H and O–H groups in total. The number of nitrogens with two attached hydrogens (primary N) is 1. The molecule has 0 unspecified atom stereocenters. The van der Waals surface area contributed by atoms with E-state index in [1.165, 1.54) is 13.3 Å². The van der Waals surface area contributed by atoms with Crippen LogP contribution in [0, 0.1) is 17.5 Å². The van der Waals surface area contributed by atoms with E-state index in [0.717, 1.165) is 41.5 Å². The lowest BCUT2D eigenvalue weighted by atomic mass is 9.78. The van der Waals surface area contributed by atoms with E-state index < -0.39 is 40.7 Å². The van der Waals surface area contributed by atoms with E-state index in [1.807, 2.05) is 0 Å². The lowest BCUT2D eigenvalue weighted by Crippen LogP contribution is -2.38. The van der Waals surface area contributed by atoms with Crippen LogP contribution in [0.4, 0.5) is 18.9 Å². The van der Waals surface area contributed by atoms with Gasteiger partial charge in [-0.15, -0.1) is 0 Å². The average Bonchev–Trinajstić information content (AvgIpc) is 2.82. The number of anilines is 1. The number of hydrogen-bond acceptors (Lipinski definition) is 6. The third-order valence-electron chi connectivity index (χ3n) is 5.76. The van der Waals surface area contributed by atoms with E-state index in [2.05, 4.69) is 27.0 Å². The largest absolute Gasteiger partial charge is 0.399 e. The number of nitrogens with one attached hydrogen (secondary N) is 1. The van der Waals surface area contributed by atoms with Crippen LogP contribution < -0.4 is 11.1 Å². The van der Waals surface area contributed by atoms with Gasteiger partial charge in [0, 0.05) is 6.20 Å². The smallest absolute Gasteiger partial charge is 0.274 e. The zero-order valence-electron chi connectivity index (χ0n) is 18.8. The first-order valence-electron chi connectivity index (χ1n) is 10.7. The highest BCUT2D eigenvalue weighted by Gasteiger charge is 2.30. The zero-order valence-corrected chi connectivity index (χ0v) is 18.8. The number of hydrogen-bond donors (Lipinski definition) is 2. The molecular weight excluding hydrogens is 459 g/mol. The van der Waals surface area contributed by atoms with E-state index in [9.17, 15) is 18.0 Å². The van der Waals surface area contributed by atoms with Gasteiger partial charge in [-0.25, -0.2) is 18.2 Å². The van der Waals surface area contributed by atoms with Crippen LogP contribution in [0.15, 0.2) is 66.1 Å². The van der Waals surface area contributed by atoms with Gasteiger partial charge in [-0.05, 0) is 60.2 Å². The Labute approximate surface area is 199 Å². The highest BCUT2D eigenvalue weighted by atomic mass is 19.1. The van der Waals surface area contributed by atoms with Gasteiger partial charge in [-0.1, -0.05) is 17.8 Å². The van der Waals surface area contributed by atoms with Crippen molar-refractivity contribution in [2.75, 3.05) is 12.4 Å². The van der Waals surface area contributed by atoms with Gasteiger partial charge >= 0.3 is 0 Å². The fourth-order valence-corrected chi connectivity index (χ4v) is 4.15. The molecule has 0 radical (unpaired) electrons. The Morgan fingerprint density at radius 1 is 1.17 bits per heavy atom. The SMILES string of the molecule is C=C1C[C@@H](c2ccncc2NC(=O)c2ccc(F)c(-c3c(F)cccc3F)n2)C[C@@H](N)/C1=N\OC. The van der Waals surface area contributed by atoms with Crippen LogP contribution in [-0.2, 0) is 4.84 Å². The number of pyridine rings is 2. The van der Waals surface area contributed by atoms with Crippen molar-refractivity contribution in [2.45, 2.75) is 24.8 Å². The third-order valence-corrected chi connectivity index (χ3v) is 5.76. The van der Waals surface area contributed by atoms with Gasteiger partial charge in [-0.3, -0.25) is 9.78 Å². The summed E-state index contributed by atoms with van der Waals surface area (Å²) in [6.45, 7) is 4.04. The van der Waals surface area contributed by atoms with Gasteiger partial charge in [0.25, 0.3) is 5.91 Å². The van der Waals surface area contributed by atoms with Crippen molar-refractivity contribution >= 4 is 17.3 Å². The minimum absolute atomic E-state index is 0.0872. The van der Waals surface area contributed by atoms with Gasteiger partial charge in [0.2, 0.25) is 0 Å². The fraction of sp³-hybridized carbons (Fsp3) is 0.200. The van der Waals surface area contributed by atoms with Gasteiger partial charge < -0.3 is 15.9 Å². The van der Waals surface area contributed by atoms with Gasteiger partial charge in [0.05, 0.1) is 29.2 Å². The molecule has 0 bridgehead atoms. The Balaban J connectivity index is 1.62. The topological polar surface area (TPSA) is 102 Å². The molecule has 0 aliphatic heterocycles. The first-order valence-corrected chi connectivity index (χ1v) is 10.7. The number of amides is 1. The molecule has 0 spiro atoms. The Bertz CT molecular complexity index is 1310. The molecule has 3 aromatic rings. The summed E-state index contributed by atoms with van der Waals surface area (Å²) in [4.78, 5) is 25.8. The second-order valence-electron chi connectivity index (χ2n) is 8.05. The number of rotatable bonds is 5. The summed E-state index contributed by atoms with van der Waals surface area (Å²) in [5.74, 6) is -3.73. The summed E-state index contributed by atoms with van der Waals surface area (Å²) in [6, 6.07) is 6.55. The number of oxime groups is 1. The standard InChI is InChI=1S/C25H22F3N5O2/c1-13-10-14(11-19(29)23(13)33-35-2)15-8-9-30-12-21(15)32-25(34)20-7-6-18(28)24(31-20)22-16(26)4-3-5-17(22)27/h3-9,12,14,19H,1,10-11,29H2,2H3,(H,32,34)/b33-23-/t14-,19-/m1/s1. The molecule has 1 saturated carbocycles. The number of carbonyl (C=O) groups excluding carboxylic acids is 1. The number of nitrogens with zero attached hydrogens (tertiary/aromatic N) is 3. The highest BCUT2D eigenvalue weighted by molar-refractivity contribution is 6.05. The predicted octanol–water partition coefficient (Wildman–Crippen LogP) is 4.58. The normalized spacial score (nSPS) is 19.0. The van der Waals surface area contributed by atoms with Crippen molar-refractivity contribution in [2.24, 2.45) is 10.9 Å². The second kappa shape index (κ2) is 10.1. The Morgan fingerprint density at radius 2 is 1.91 bits per heavy atom. The molecule has 2 heterocycles. The molecule has 10 heteroatoms. The number of carbonyl (C=O) groups is 1. The van der Waals surface area contributed by atoms with Gasteiger partial charge in [0.1, 0.15) is 35.9 Å². The minimum Gasteiger partial charge on any atom is -0.399 e. The summed E-state index contributed by atoms with van der Waals surface area (Å²) in [5.41, 5.74) is 7.27. The van der Waals surface area contributed by atoms with Crippen LogP contribution in [0.5, 0.6) is 0 Å². The Hall–Kier alpha value is -4.05. The molecule has 1 aliphatic carbocycles. The van der Waals surface area contributed by atoms with Crippen LogP contribution in [0.2, 0.25) is 0 Å². The number of aromatic nitrogens is 2. The molecule has 1 aliphatic rings. The van der Waals surface area contributed by atoms with Crippen molar-refractivity contribution in [1.29, 1.82) is 0 Å². The number of benzene rings is 1. The Kier molecular flexibility index (Phi) is 6.92. The molecule has 1 aromatic carbocycles. The summed E-state index contributed by atoms with van der Waals surface area (Å²) >= 11 is 0. The molecule has 35 heavy (non-hydrogen) atoms. The Morgan fingerprint density at radius 3 is 2.60 bits per heavy atom. The maximum atomic E-state index is 14.4. The fourth-order valence-electron chi connectivity index (χ4n) is 4.15. The van der Waals surface area contributed by atoms with Gasteiger partial charge in [0.15, 0.2) is 0 Å². The maximum Gasteiger partial charge on any atom is 0.274 e. The van der Waals surface area contributed by atoms with Crippen molar-refractivity contribution < 1.29 is 22.8 Å². The lowest BCUT2D eigenvalue weighted by molar-refractivity contribution is 0.102.